The zero-order valence-electron chi connectivity index (χ0n) is 13.5. The van der Waals surface area contributed by atoms with Gasteiger partial charge in [0.15, 0.2) is 0 Å². The lowest BCUT2D eigenvalue weighted by molar-refractivity contribution is -0.116. The number of rotatable bonds is 5. The Bertz CT molecular complexity index is 762. The minimum Gasteiger partial charge on any atom is -0.350 e. The van der Waals surface area contributed by atoms with Crippen molar-refractivity contribution in [3.8, 4) is 0 Å². The third-order valence-electron chi connectivity index (χ3n) is 3.50. The molecule has 2 amide bonds. The fourth-order valence-electron chi connectivity index (χ4n) is 2.28. The van der Waals surface area contributed by atoms with Gasteiger partial charge in [0.1, 0.15) is 0 Å². The van der Waals surface area contributed by atoms with Crippen molar-refractivity contribution in [1.29, 1.82) is 0 Å². The number of nitrogens with zero attached hydrogens (tertiary/aromatic N) is 1. The highest BCUT2D eigenvalue weighted by Crippen LogP contribution is 2.22. The normalized spacial score (nSPS) is 10.3. The number of hydrogen-bond acceptors (Lipinski definition) is 2. The molecule has 1 N–H and O–H groups in total. The Labute approximate surface area is 151 Å². The van der Waals surface area contributed by atoms with Gasteiger partial charge in [0.05, 0.1) is 10.0 Å². The van der Waals surface area contributed by atoms with E-state index < -0.39 is 0 Å². The maximum absolute atomic E-state index is 12.1. The molecular formula is C18H18Cl2N2O2. The summed E-state index contributed by atoms with van der Waals surface area (Å²) in [5.41, 5.74) is 2.30. The fraction of sp³-hybridized carbons (Fsp3) is 0.222. The summed E-state index contributed by atoms with van der Waals surface area (Å²) in [6.07, 6.45) is 0. The molecule has 0 atom stereocenters. The van der Waals surface area contributed by atoms with Gasteiger partial charge < -0.3 is 10.2 Å². The van der Waals surface area contributed by atoms with Crippen LogP contribution in [0.15, 0.2) is 42.5 Å². The zero-order chi connectivity index (χ0) is 17.7. The smallest absolute Gasteiger partial charge is 0.251 e. The van der Waals surface area contributed by atoms with Crippen LogP contribution in [0.25, 0.3) is 0 Å². The van der Waals surface area contributed by atoms with Gasteiger partial charge in [-0.25, -0.2) is 0 Å². The van der Waals surface area contributed by atoms with Crippen molar-refractivity contribution < 1.29 is 9.59 Å². The molecule has 2 aromatic rings. The predicted octanol–water partition coefficient (Wildman–Crippen LogP) is 4.08. The first-order chi connectivity index (χ1) is 11.4. The van der Waals surface area contributed by atoms with Crippen LogP contribution in [0, 0.1) is 6.92 Å². The molecule has 0 saturated carbocycles. The summed E-state index contributed by atoms with van der Waals surface area (Å²) < 4.78 is 0. The predicted molar refractivity (Wildman–Crippen MR) is 98.0 cm³/mol. The van der Waals surface area contributed by atoms with Crippen LogP contribution in [-0.4, -0.2) is 24.9 Å². The molecule has 0 fully saturated rings. The third kappa shape index (κ3) is 4.73. The summed E-state index contributed by atoms with van der Waals surface area (Å²) in [4.78, 5) is 25.6. The van der Waals surface area contributed by atoms with Gasteiger partial charge in [-0.3, -0.25) is 9.59 Å². The molecule has 0 bridgehead atoms. The molecule has 0 heterocycles. The first-order valence-corrected chi connectivity index (χ1v) is 8.22. The van der Waals surface area contributed by atoms with Gasteiger partial charge >= 0.3 is 0 Å². The van der Waals surface area contributed by atoms with Crippen molar-refractivity contribution in [3.05, 3.63) is 63.6 Å². The van der Waals surface area contributed by atoms with Crippen LogP contribution in [0.4, 0.5) is 5.69 Å². The maximum atomic E-state index is 12.1. The van der Waals surface area contributed by atoms with Crippen molar-refractivity contribution in [1.82, 2.24) is 5.32 Å². The van der Waals surface area contributed by atoms with Crippen molar-refractivity contribution in [2.75, 3.05) is 18.0 Å². The number of hydrogen-bond donors (Lipinski definition) is 1. The van der Waals surface area contributed by atoms with Crippen LogP contribution < -0.4 is 10.2 Å². The first kappa shape index (κ1) is 18.3. The van der Waals surface area contributed by atoms with Crippen molar-refractivity contribution in [3.63, 3.8) is 0 Å². The third-order valence-corrected chi connectivity index (χ3v) is 4.24. The number of anilines is 1. The summed E-state index contributed by atoms with van der Waals surface area (Å²) in [5.74, 6) is -0.342. The quantitative estimate of drug-likeness (QED) is 0.868. The van der Waals surface area contributed by atoms with Gasteiger partial charge in [-0.1, -0.05) is 35.3 Å². The molecule has 126 valence electrons. The lowest BCUT2D eigenvalue weighted by Crippen LogP contribution is -2.37. The number of halogens is 2. The average Bonchev–Trinajstić information content (AvgIpc) is 2.53. The van der Waals surface area contributed by atoms with E-state index in [1.54, 1.807) is 17.0 Å². The van der Waals surface area contributed by atoms with E-state index in [2.05, 4.69) is 5.32 Å². The van der Waals surface area contributed by atoms with Crippen molar-refractivity contribution in [2.45, 2.75) is 13.8 Å². The van der Waals surface area contributed by atoms with E-state index in [0.29, 0.717) is 28.7 Å². The van der Waals surface area contributed by atoms with E-state index >= 15 is 0 Å². The molecule has 0 saturated heterocycles. The molecule has 6 heteroatoms. The number of benzene rings is 2. The monoisotopic (exact) mass is 364 g/mol. The maximum Gasteiger partial charge on any atom is 0.251 e. The van der Waals surface area contributed by atoms with E-state index in [1.807, 2.05) is 31.2 Å². The van der Waals surface area contributed by atoms with Crippen LogP contribution in [0.1, 0.15) is 22.8 Å². The number of carbonyl (C=O) groups excluding carboxylic acids is 2. The topological polar surface area (TPSA) is 49.4 Å². The van der Waals surface area contributed by atoms with Crippen LogP contribution >= 0.6 is 23.2 Å². The summed E-state index contributed by atoms with van der Waals surface area (Å²) in [6.45, 7) is 4.18. The largest absolute Gasteiger partial charge is 0.350 e. The van der Waals surface area contributed by atoms with Crippen LogP contribution in [0.3, 0.4) is 0 Å². The molecule has 0 aliphatic rings. The van der Waals surface area contributed by atoms with Gasteiger partial charge in [0.2, 0.25) is 5.91 Å². The second kappa shape index (κ2) is 8.18. The fourth-order valence-corrected chi connectivity index (χ4v) is 2.58. The molecule has 0 spiro atoms. The van der Waals surface area contributed by atoms with Crippen molar-refractivity contribution in [2.24, 2.45) is 0 Å². The van der Waals surface area contributed by atoms with Gasteiger partial charge in [-0.05, 0) is 42.8 Å². The highest BCUT2D eigenvalue weighted by atomic mass is 35.5. The molecule has 0 radical (unpaired) electrons. The van der Waals surface area contributed by atoms with Crippen LogP contribution in [-0.2, 0) is 4.79 Å². The van der Waals surface area contributed by atoms with Crippen LogP contribution in [0.5, 0.6) is 0 Å². The van der Waals surface area contributed by atoms with Gasteiger partial charge in [-0.15, -0.1) is 0 Å². The van der Waals surface area contributed by atoms with E-state index in [9.17, 15) is 9.59 Å². The Morgan fingerprint density at radius 3 is 2.46 bits per heavy atom. The second-order valence-corrected chi connectivity index (χ2v) is 6.21. The number of aryl methyl sites for hydroxylation is 1. The average molecular weight is 365 g/mol. The van der Waals surface area contributed by atoms with E-state index in [4.69, 9.17) is 23.2 Å². The molecular weight excluding hydrogens is 347 g/mol. The molecule has 4 nitrogen and oxygen atoms in total. The summed E-state index contributed by atoms with van der Waals surface area (Å²) >= 11 is 11.8. The highest BCUT2D eigenvalue weighted by Gasteiger charge is 2.13. The van der Waals surface area contributed by atoms with Gasteiger partial charge in [0.25, 0.3) is 5.91 Å². The van der Waals surface area contributed by atoms with Gasteiger partial charge in [0, 0.05) is 31.3 Å². The van der Waals surface area contributed by atoms with Crippen LogP contribution in [0.2, 0.25) is 10.0 Å². The lowest BCUT2D eigenvalue weighted by atomic mass is 10.2. The summed E-state index contributed by atoms with van der Waals surface area (Å²) in [5, 5.41) is 3.51. The molecule has 0 unspecified atom stereocenters. The Morgan fingerprint density at radius 2 is 1.83 bits per heavy atom. The van der Waals surface area contributed by atoms with E-state index in [1.165, 1.54) is 13.0 Å². The Balaban J connectivity index is 1.99. The lowest BCUT2D eigenvalue weighted by Gasteiger charge is -2.21. The molecule has 0 aromatic heterocycles. The number of carbonyl (C=O) groups is 2. The standard InChI is InChI=1S/C18H18Cl2N2O2/c1-12-4-3-5-15(10-12)22(13(2)23)9-8-21-18(24)14-6-7-16(19)17(20)11-14/h3-7,10-11H,8-9H2,1-2H3,(H,21,24). The molecule has 0 aliphatic heterocycles. The SMILES string of the molecule is CC(=O)N(CCNC(=O)c1ccc(Cl)c(Cl)c1)c1cccc(C)c1. The number of amides is 2. The minimum absolute atomic E-state index is 0.0793. The molecule has 2 rings (SSSR count). The molecule has 2 aromatic carbocycles. The van der Waals surface area contributed by atoms with E-state index in [-0.39, 0.29) is 11.8 Å². The Kier molecular flexibility index (Phi) is 6.23. The molecule has 0 aliphatic carbocycles. The second-order valence-electron chi connectivity index (χ2n) is 5.39. The Morgan fingerprint density at radius 1 is 1.08 bits per heavy atom. The summed E-state index contributed by atoms with van der Waals surface area (Å²) in [7, 11) is 0. The molecule has 24 heavy (non-hydrogen) atoms. The van der Waals surface area contributed by atoms with E-state index in [0.717, 1.165) is 11.3 Å². The van der Waals surface area contributed by atoms with Crippen molar-refractivity contribution >= 4 is 40.7 Å². The first-order valence-electron chi connectivity index (χ1n) is 7.46. The number of nitrogens with one attached hydrogen (secondary N) is 1. The minimum atomic E-state index is -0.263. The summed E-state index contributed by atoms with van der Waals surface area (Å²) in [6, 6.07) is 12.4. The van der Waals surface area contributed by atoms with Gasteiger partial charge in [-0.2, -0.15) is 0 Å². The highest BCUT2D eigenvalue weighted by molar-refractivity contribution is 6.42. The Hall–Kier alpha value is -2.04. The zero-order valence-corrected chi connectivity index (χ0v) is 15.0.